The predicted octanol–water partition coefficient (Wildman–Crippen LogP) is 4.41. The number of benzene rings is 2. The molecule has 0 fully saturated rings. The summed E-state index contributed by atoms with van der Waals surface area (Å²) in [5, 5.41) is 0. The lowest BCUT2D eigenvalue weighted by molar-refractivity contribution is 0.597. The highest BCUT2D eigenvalue weighted by Crippen LogP contribution is 2.27. The van der Waals surface area contributed by atoms with E-state index < -0.39 is 0 Å². The van der Waals surface area contributed by atoms with Gasteiger partial charge in [0.15, 0.2) is 0 Å². The van der Waals surface area contributed by atoms with Crippen molar-refractivity contribution in [1.82, 2.24) is 0 Å². The molecule has 0 saturated carbocycles. The summed E-state index contributed by atoms with van der Waals surface area (Å²) in [6, 6.07) is 24.9. The van der Waals surface area contributed by atoms with Crippen LogP contribution in [-0.4, -0.2) is 0 Å². The molecule has 0 N–H and O–H groups in total. The first kappa shape index (κ1) is 9.91. The lowest BCUT2D eigenvalue weighted by atomic mass is 10.2. The minimum absolute atomic E-state index is 0.887. The average Bonchev–Trinajstić information content (AvgIpc) is 2.90. The summed E-state index contributed by atoms with van der Waals surface area (Å²) in [4.78, 5) is 0. The molecule has 0 aliphatic heterocycles. The molecule has 0 saturated heterocycles. The summed E-state index contributed by atoms with van der Waals surface area (Å²) < 4.78 is 5.84. The molecule has 1 nitrogen and oxygen atoms in total. The van der Waals surface area contributed by atoms with Crippen LogP contribution in [-0.2, 0) is 0 Å². The highest BCUT2D eigenvalue weighted by atomic mass is 16.3. The van der Waals surface area contributed by atoms with Crippen molar-refractivity contribution < 1.29 is 4.42 Å². The van der Waals surface area contributed by atoms with Gasteiger partial charge < -0.3 is 4.42 Å². The predicted molar refractivity (Wildman–Crippen MR) is 68.4 cm³/mol. The Balaban J connectivity index is 1.99. The molecule has 0 atom stereocenters. The van der Waals surface area contributed by atoms with Crippen molar-refractivity contribution >= 4 is 0 Å². The largest absolute Gasteiger partial charge is 0.456 e. The Hall–Kier alpha value is -2.28. The van der Waals surface area contributed by atoms with Crippen molar-refractivity contribution in [3.05, 3.63) is 72.8 Å². The van der Waals surface area contributed by atoms with Crippen LogP contribution in [0.3, 0.4) is 0 Å². The Bertz CT molecular complexity index is 540. The fourth-order valence-corrected chi connectivity index (χ4v) is 1.80. The lowest BCUT2D eigenvalue weighted by Crippen LogP contribution is -1.72. The third-order valence-corrected chi connectivity index (χ3v) is 2.67. The van der Waals surface area contributed by atoms with E-state index in [1.165, 1.54) is 0 Å². The second kappa shape index (κ2) is 4.30. The molecule has 81 valence electrons. The summed E-state index contributed by atoms with van der Waals surface area (Å²) in [7, 11) is 0. The normalized spacial score (nSPS) is 10.4. The molecule has 3 rings (SSSR count). The fourth-order valence-electron chi connectivity index (χ4n) is 1.80. The Morgan fingerprint density at radius 3 is 1.88 bits per heavy atom. The van der Waals surface area contributed by atoms with Crippen molar-refractivity contribution in [2.24, 2.45) is 0 Å². The molecular formula is C16H11O. The molecule has 0 amide bonds. The highest BCUT2D eigenvalue weighted by Gasteiger charge is 2.05. The summed E-state index contributed by atoms with van der Waals surface area (Å²) in [6.45, 7) is 0. The zero-order valence-electron chi connectivity index (χ0n) is 9.26. The molecule has 17 heavy (non-hydrogen) atoms. The Morgan fingerprint density at radius 2 is 1.24 bits per heavy atom. The Kier molecular flexibility index (Phi) is 2.51. The van der Waals surface area contributed by atoms with Crippen molar-refractivity contribution in [2.75, 3.05) is 0 Å². The monoisotopic (exact) mass is 219 g/mol. The molecule has 0 aliphatic rings. The number of rotatable bonds is 2. The van der Waals surface area contributed by atoms with Gasteiger partial charge in [0.2, 0.25) is 0 Å². The summed E-state index contributed by atoms with van der Waals surface area (Å²) in [5.74, 6) is 1.78. The van der Waals surface area contributed by atoms with Gasteiger partial charge in [-0.3, -0.25) is 0 Å². The molecule has 2 aromatic carbocycles. The summed E-state index contributed by atoms with van der Waals surface area (Å²) in [6.07, 6.45) is 0. The molecule has 1 radical (unpaired) electrons. The van der Waals surface area contributed by atoms with Gasteiger partial charge >= 0.3 is 0 Å². The summed E-state index contributed by atoms with van der Waals surface area (Å²) in [5.41, 5.74) is 2.17. The first-order valence-corrected chi connectivity index (χ1v) is 5.55. The zero-order chi connectivity index (χ0) is 11.5. The quantitative estimate of drug-likeness (QED) is 0.622. The third-order valence-electron chi connectivity index (χ3n) is 2.67. The number of hydrogen-bond acceptors (Lipinski definition) is 1. The van der Waals surface area contributed by atoms with E-state index in [1.54, 1.807) is 0 Å². The zero-order valence-corrected chi connectivity index (χ0v) is 9.26. The Labute approximate surface area is 100 Å². The number of furan rings is 1. The van der Waals surface area contributed by atoms with Crippen LogP contribution in [0.5, 0.6) is 0 Å². The Morgan fingerprint density at radius 1 is 0.647 bits per heavy atom. The van der Waals surface area contributed by atoms with E-state index in [0.29, 0.717) is 0 Å². The van der Waals surface area contributed by atoms with Gasteiger partial charge in [0.25, 0.3) is 0 Å². The SMILES string of the molecule is [c]1ccc(-c2ccc(-c3ccccc3)o2)cc1. The first-order chi connectivity index (χ1) is 8.43. The molecule has 1 aromatic heterocycles. The third kappa shape index (κ3) is 2.00. The molecule has 1 heterocycles. The molecule has 1 heteroatoms. The maximum atomic E-state index is 5.84. The minimum atomic E-state index is 0.887. The van der Waals surface area contributed by atoms with Crippen LogP contribution < -0.4 is 0 Å². The molecule has 0 spiro atoms. The van der Waals surface area contributed by atoms with Crippen molar-refractivity contribution in [3.8, 4) is 22.6 Å². The van der Waals surface area contributed by atoms with Gasteiger partial charge in [-0.25, -0.2) is 0 Å². The molecule has 0 bridgehead atoms. The topological polar surface area (TPSA) is 13.1 Å². The van der Waals surface area contributed by atoms with Gasteiger partial charge in [0.1, 0.15) is 11.5 Å². The van der Waals surface area contributed by atoms with E-state index in [4.69, 9.17) is 4.42 Å². The van der Waals surface area contributed by atoms with E-state index in [0.717, 1.165) is 22.6 Å². The molecule has 0 unspecified atom stereocenters. The van der Waals surface area contributed by atoms with Gasteiger partial charge in [-0.1, -0.05) is 54.6 Å². The van der Waals surface area contributed by atoms with E-state index >= 15 is 0 Å². The first-order valence-electron chi connectivity index (χ1n) is 5.55. The standard InChI is InChI=1S/C16H11O/c1-3-7-13(8-4-1)15-11-12-16(17-15)14-9-5-2-6-10-14/h1,3-12H. The molecule has 0 aliphatic carbocycles. The van der Waals surface area contributed by atoms with Gasteiger partial charge in [0.05, 0.1) is 0 Å². The van der Waals surface area contributed by atoms with Crippen LogP contribution in [0.25, 0.3) is 22.6 Å². The minimum Gasteiger partial charge on any atom is -0.456 e. The smallest absolute Gasteiger partial charge is 0.134 e. The number of hydrogen-bond donors (Lipinski definition) is 0. The van der Waals surface area contributed by atoms with Gasteiger partial charge in [-0.2, -0.15) is 0 Å². The van der Waals surface area contributed by atoms with Crippen molar-refractivity contribution in [3.63, 3.8) is 0 Å². The van der Waals surface area contributed by atoms with Crippen molar-refractivity contribution in [1.29, 1.82) is 0 Å². The lowest BCUT2D eigenvalue weighted by Gasteiger charge is -1.97. The van der Waals surface area contributed by atoms with Gasteiger partial charge in [-0.15, -0.1) is 0 Å². The van der Waals surface area contributed by atoms with E-state index in [-0.39, 0.29) is 0 Å². The molecule has 3 aromatic rings. The van der Waals surface area contributed by atoms with Gasteiger partial charge in [0, 0.05) is 11.1 Å². The maximum absolute atomic E-state index is 5.84. The highest BCUT2D eigenvalue weighted by molar-refractivity contribution is 5.64. The van der Waals surface area contributed by atoms with E-state index in [2.05, 4.69) is 6.07 Å². The van der Waals surface area contributed by atoms with Crippen molar-refractivity contribution in [2.45, 2.75) is 0 Å². The second-order valence-electron chi connectivity index (χ2n) is 3.82. The molecular weight excluding hydrogens is 208 g/mol. The average molecular weight is 219 g/mol. The van der Waals surface area contributed by atoms with Crippen LogP contribution in [0.2, 0.25) is 0 Å². The van der Waals surface area contributed by atoms with Crippen LogP contribution in [0.15, 0.2) is 71.1 Å². The second-order valence-corrected chi connectivity index (χ2v) is 3.82. The maximum Gasteiger partial charge on any atom is 0.134 e. The van der Waals surface area contributed by atoms with E-state index in [1.807, 2.05) is 66.7 Å². The van der Waals surface area contributed by atoms with Crippen LogP contribution in [0.4, 0.5) is 0 Å². The van der Waals surface area contributed by atoms with Crippen LogP contribution in [0, 0.1) is 6.07 Å². The van der Waals surface area contributed by atoms with Crippen LogP contribution >= 0.6 is 0 Å². The summed E-state index contributed by atoms with van der Waals surface area (Å²) >= 11 is 0. The van der Waals surface area contributed by atoms with Gasteiger partial charge in [-0.05, 0) is 18.2 Å². The van der Waals surface area contributed by atoms with Crippen LogP contribution in [0.1, 0.15) is 0 Å². The fraction of sp³-hybridized carbons (Fsp3) is 0. The van der Waals surface area contributed by atoms with E-state index in [9.17, 15) is 0 Å².